The van der Waals surface area contributed by atoms with E-state index in [0.29, 0.717) is 13.2 Å². The number of aliphatic hydroxyl groups excluding tert-OH is 2. The van der Waals surface area contributed by atoms with Crippen molar-refractivity contribution < 1.29 is 14.9 Å². The van der Waals surface area contributed by atoms with E-state index in [-0.39, 0.29) is 18.8 Å². The fourth-order valence-corrected chi connectivity index (χ4v) is 2.37. The zero-order valence-corrected chi connectivity index (χ0v) is 10.9. The Labute approximate surface area is 108 Å². The normalized spacial score (nSPS) is 26.1. The number of hydrogen-bond donors (Lipinski definition) is 2. The number of nitrogens with zero attached hydrogens (tertiary/aromatic N) is 1. The van der Waals surface area contributed by atoms with Gasteiger partial charge in [-0.2, -0.15) is 0 Å². The van der Waals surface area contributed by atoms with Gasteiger partial charge in [-0.1, -0.05) is 18.2 Å². The summed E-state index contributed by atoms with van der Waals surface area (Å²) in [6.07, 6.45) is -0.646. The maximum absolute atomic E-state index is 9.84. The first-order valence-electron chi connectivity index (χ1n) is 6.39. The monoisotopic (exact) mass is 251 g/mol. The fraction of sp³-hybridized carbons (Fsp3) is 0.571. The Balaban J connectivity index is 2.28. The summed E-state index contributed by atoms with van der Waals surface area (Å²) in [4.78, 5) is 2.20. The molecule has 4 heteroatoms. The minimum atomic E-state index is -0.496. The summed E-state index contributed by atoms with van der Waals surface area (Å²) in [6.45, 7) is 5.14. The molecule has 2 rings (SSSR count). The van der Waals surface area contributed by atoms with Crippen LogP contribution in [0.3, 0.4) is 0 Å². The van der Waals surface area contributed by atoms with Crippen LogP contribution >= 0.6 is 0 Å². The highest BCUT2D eigenvalue weighted by Crippen LogP contribution is 2.29. The van der Waals surface area contributed by atoms with Gasteiger partial charge >= 0.3 is 0 Å². The number of benzene rings is 1. The summed E-state index contributed by atoms with van der Waals surface area (Å²) in [6, 6.07) is 8.10. The molecule has 0 aromatic heterocycles. The third-order valence-corrected chi connectivity index (χ3v) is 3.41. The molecule has 0 radical (unpaired) electrons. The number of anilines is 1. The van der Waals surface area contributed by atoms with E-state index in [1.54, 1.807) is 6.92 Å². The number of aliphatic hydroxyl groups is 2. The van der Waals surface area contributed by atoms with Gasteiger partial charge in [0, 0.05) is 23.8 Å². The molecular formula is C14H21NO3. The molecule has 1 aliphatic heterocycles. The van der Waals surface area contributed by atoms with Crippen LogP contribution in [-0.4, -0.2) is 42.1 Å². The van der Waals surface area contributed by atoms with Crippen molar-refractivity contribution in [2.75, 3.05) is 24.7 Å². The van der Waals surface area contributed by atoms with Crippen molar-refractivity contribution in [3.05, 3.63) is 29.8 Å². The summed E-state index contributed by atoms with van der Waals surface area (Å²) in [5.74, 6) is 0. The Hall–Kier alpha value is -1.10. The molecule has 0 amide bonds. The van der Waals surface area contributed by atoms with Crippen molar-refractivity contribution in [2.45, 2.75) is 32.1 Å². The van der Waals surface area contributed by atoms with Gasteiger partial charge in [-0.25, -0.2) is 0 Å². The number of ether oxygens (including phenoxy) is 1. The number of rotatable bonds is 3. The van der Waals surface area contributed by atoms with Crippen molar-refractivity contribution >= 4 is 5.69 Å². The lowest BCUT2D eigenvalue weighted by Gasteiger charge is -2.40. The second-order valence-corrected chi connectivity index (χ2v) is 4.87. The van der Waals surface area contributed by atoms with Crippen LogP contribution in [0.5, 0.6) is 0 Å². The molecule has 1 saturated heterocycles. The second-order valence-electron chi connectivity index (χ2n) is 4.87. The number of hydrogen-bond acceptors (Lipinski definition) is 4. The molecular weight excluding hydrogens is 230 g/mol. The van der Waals surface area contributed by atoms with Gasteiger partial charge in [-0.15, -0.1) is 0 Å². The minimum Gasteiger partial charge on any atom is -0.394 e. The lowest BCUT2D eigenvalue weighted by molar-refractivity contribution is -0.0104. The highest BCUT2D eigenvalue weighted by molar-refractivity contribution is 5.55. The number of para-hydroxylation sites is 1. The molecule has 1 aromatic carbocycles. The van der Waals surface area contributed by atoms with Crippen LogP contribution in [0.25, 0.3) is 0 Å². The lowest BCUT2D eigenvalue weighted by atomic mass is 10.0. The average Bonchev–Trinajstić information content (AvgIpc) is 2.39. The van der Waals surface area contributed by atoms with E-state index in [1.807, 2.05) is 24.3 Å². The van der Waals surface area contributed by atoms with Crippen LogP contribution in [0.4, 0.5) is 5.69 Å². The van der Waals surface area contributed by atoms with E-state index in [4.69, 9.17) is 4.74 Å². The molecule has 0 aliphatic carbocycles. The topological polar surface area (TPSA) is 52.9 Å². The predicted octanol–water partition coefficient (Wildman–Crippen LogP) is 1.33. The van der Waals surface area contributed by atoms with Gasteiger partial charge in [0.1, 0.15) is 0 Å². The van der Waals surface area contributed by atoms with E-state index in [1.165, 1.54) is 0 Å². The molecule has 1 aromatic rings. The average molecular weight is 251 g/mol. The highest BCUT2D eigenvalue weighted by atomic mass is 16.5. The third kappa shape index (κ3) is 2.66. The molecule has 0 bridgehead atoms. The molecule has 100 valence electrons. The summed E-state index contributed by atoms with van der Waals surface area (Å²) < 4.78 is 5.54. The summed E-state index contributed by atoms with van der Waals surface area (Å²) in [5.41, 5.74) is 1.95. The van der Waals surface area contributed by atoms with Gasteiger partial charge in [0.05, 0.1) is 25.4 Å². The molecule has 3 unspecified atom stereocenters. The van der Waals surface area contributed by atoms with Crippen molar-refractivity contribution in [1.82, 2.24) is 0 Å². The first kappa shape index (κ1) is 13.3. The van der Waals surface area contributed by atoms with Crippen LogP contribution in [0.15, 0.2) is 24.3 Å². The lowest BCUT2D eigenvalue weighted by Crippen LogP contribution is -2.50. The SMILES string of the molecule is CC(O)c1ccccc1N1CC(CO)OCC1C. The van der Waals surface area contributed by atoms with Crippen LogP contribution in [0.1, 0.15) is 25.5 Å². The molecule has 1 aliphatic rings. The van der Waals surface area contributed by atoms with Crippen LogP contribution < -0.4 is 4.90 Å². The van der Waals surface area contributed by atoms with Crippen LogP contribution in [0.2, 0.25) is 0 Å². The molecule has 2 N–H and O–H groups in total. The van der Waals surface area contributed by atoms with Crippen molar-refractivity contribution in [1.29, 1.82) is 0 Å². The van der Waals surface area contributed by atoms with Crippen molar-refractivity contribution in [3.8, 4) is 0 Å². The van der Waals surface area contributed by atoms with Gasteiger partial charge in [0.15, 0.2) is 0 Å². The first-order valence-corrected chi connectivity index (χ1v) is 6.39. The maximum Gasteiger partial charge on any atom is 0.0981 e. The van der Waals surface area contributed by atoms with Gasteiger partial charge in [0.2, 0.25) is 0 Å². The Bertz CT molecular complexity index is 394. The van der Waals surface area contributed by atoms with Gasteiger partial charge in [0.25, 0.3) is 0 Å². The molecule has 1 heterocycles. The van der Waals surface area contributed by atoms with E-state index < -0.39 is 6.10 Å². The smallest absolute Gasteiger partial charge is 0.0981 e. The summed E-state index contributed by atoms with van der Waals surface area (Å²) in [5, 5.41) is 19.1. The summed E-state index contributed by atoms with van der Waals surface area (Å²) >= 11 is 0. The van der Waals surface area contributed by atoms with Gasteiger partial charge in [-0.05, 0) is 19.9 Å². The Morgan fingerprint density at radius 1 is 1.44 bits per heavy atom. The van der Waals surface area contributed by atoms with Gasteiger partial charge < -0.3 is 19.8 Å². The molecule has 3 atom stereocenters. The van der Waals surface area contributed by atoms with E-state index in [0.717, 1.165) is 11.3 Å². The molecule has 1 fully saturated rings. The number of morpholine rings is 1. The Kier molecular flexibility index (Phi) is 4.22. The molecule has 0 saturated carbocycles. The molecule has 18 heavy (non-hydrogen) atoms. The quantitative estimate of drug-likeness (QED) is 0.851. The second kappa shape index (κ2) is 5.69. The summed E-state index contributed by atoms with van der Waals surface area (Å²) in [7, 11) is 0. The van der Waals surface area contributed by atoms with Crippen LogP contribution in [-0.2, 0) is 4.74 Å². The molecule has 4 nitrogen and oxygen atoms in total. The van der Waals surface area contributed by atoms with Crippen LogP contribution in [0, 0.1) is 0 Å². The van der Waals surface area contributed by atoms with Gasteiger partial charge in [-0.3, -0.25) is 0 Å². The first-order chi connectivity index (χ1) is 8.63. The van der Waals surface area contributed by atoms with Crippen molar-refractivity contribution in [3.63, 3.8) is 0 Å². The zero-order chi connectivity index (χ0) is 13.1. The standard InChI is InChI=1S/C14H21NO3/c1-10-9-18-12(8-16)7-15(10)14-6-4-3-5-13(14)11(2)17/h3-6,10-12,16-17H,7-9H2,1-2H3. The largest absolute Gasteiger partial charge is 0.394 e. The van der Waals surface area contributed by atoms with E-state index in [2.05, 4.69) is 11.8 Å². The Morgan fingerprint density at radius 2 is 2.17 bits per heavy atom. The molecule has 0 spiro atoms. The zero-order valence-electron chi connectivity index (χ0n) is 10.9. The minimum absolute atomic E-state index is 0.0278. The predicted molar refractivity (Wildman–Crippen MR) is 70.7 cm³/mol. The van der Waals surface area contributed by atoms with E-state index in [9.17, 15) is 10.2 Å². The maximum atomic E-state index is 9.84. The highest BCUT2D eigenvalue weighted by Gasteiger charge is 2.27. The van der Waals surface area contributed by atoms with Crippen molar-refractivity contribution in [2.24, 2.45) is 0 Å². The van der Waals surface area contributed by atoms with E-state index >= 15 is 0 Å². The Morgan fingerprint density at radius 3 is 2.83 bits per heavy atom. The third-order valence-electron chi connectivity index (χ3n) is 3.41. The fourth-order valence-electron chi connectivity index (χ4n) is 2.37.